The Morgan fingerprint density at radius 1 is 0.848 bits per heavy atom. The number of likely N-dealkylation sites (tertiary alicyclic amines) is 1. The van der Waals surface area contributed by atoms with Gasteiger partial charge in [0.2, 0.25) is 10.0 Å². The third-order valence-electron chi connectivity index (χ3n) is 6.46. The van der Waals surface area contributed by atoms with Crippen molar-refractivity contribution in [3.63, 3.8) is 0 Å². The zero-order chi connectivity index (χ0) is 23.3. The largest absolute Gasteiger partial charge is 0.348 e. The molecule has 0 radical (unpaired) electrons. The second-order valence-electron chi connectivity index (χ2n) is 8.95. The minimum atomic E-state index is -3.74. The normalized spacial score (nSPS) is 18.2. The number of carbonyl (C=O) groups excluding carboxylic acids is 1. The van der Waals surface area contributed by atoms with E-state index in [4.69, 9.17) is 11.6 Å². The van der Waals surface area contributed by atoms with E-state index in [0.29, 0.717) is 25.2 Å². The van der Waals surface area contributed by atoms with Crippen molar-refractivity contribution in [1.82, 2.24) is 14.5 Å². The van der Waals surface area contributed by atoms with Crippen molar-refractivity contribution < 1.29 is 13.2 Å². The number of nitrogens with one attached hydrogen (secondary N) is 1. The summed E-state index contributed by atoms with van der Waals surface area (Å²) in [4.78, 5) is 15.2. The van der Waals surface area contributed by atoms with Gasteiger partial charge < -0.3 is 5.32 Å². The molecule has 0 spiro atoms. The van der Waals surface area contributed by atoms with Gasteiger partial charge in [-0.2, -0.15) is 4.31 Å². The molecule has 0 bridgehead atoms. The number of amides is 1. The number of halogens is 1. The summed E-state index contributed by atoms with van der Waals surface area (Å²) in [6.45, 7) is 4.64. The molecule has 6 nitrogen and oxygen atoms in total. The lowest BCUT2D eigenvalue weighted by Crippen LogP contribution is -2.32. The topological polar surface area (TPSA) is 69.7 Å². The fraction of sp³-hybridized carbons (Fsp3) is 0.480. The molecule has 0 atom stereocenters. The van der Waals surface area contributed by atoms with E-state index in [1.165, 1.54) is 34.8 Å². The van der Waals surface area contributed by atoms with E-state index in [9.17, 15) is 13.2 Å². The molecular weight excluding hydrogens is 458 g/mol. The average Bonchev–Trinajstić information content (AvgIpc) is 3.16. The van der Waals surface area contributed by atoms with Gasteiger partial charge in [-0.15, -0.1) is 0 Å². The molecule has 33 heavy (non-hydrogen) atoms. The molecule has 0 aromatic heterocycles. The van der Waals surface area contributed by atoms with Crippen molar-refractivity contribution in [2.45, 2.75) is 56.5 Å². The Labute approximate surface area is 202 Å². The van der Waals surface area contributed by atoms with Crippen molar-refractivity contribution in [2.75, 3.05) is 26.2 Å². The van der Waals surface area contributed by atoms with Crippen molar-refractivity contribution in [2.24, 2.45) is 0 Å². The van der Waals surface area contributed by atoms with Gasteiger partial charge in [-0.25, -0.2) is 8.42 Å². The SMILES string of the molecule is O=C(NCc1ccc(CN2CCCC2)cc1)c1ccc(Cl)c(S(=O)(=O)N2CCCCCC2)c1. The molecule has 8 heteroatoms. The highest BCUT2D eigenvalue weighted by Crippen LogP contribution is 2.27. The van der Waals surface area contributed by atoms with Crippen LogP contribution in [-0.2, 0) is 23.1 Å². The zero-order valence-corrected chi connectivity index (χ0v) is 20.5. The minimum Gasteiger partial charge on any atom is -0.348 e. The van der Waals surface area contributed by atoms with Crippen LogP contribution in [0.2, 0.25) is 5.02 Å². The van der Waals surface area contributed by atoms with Crippen LogP contribution in [0.3, 0.4) is 0 Å². The maximum atomic E-state index is 13.2. The second kappa shape index (κ2) is 11.0. The highest BCUT2D eigenvalue weighted by Gasteiger charge is 2.28. The highest BCUT2D eigenvalue weighted by atomic mass is 35.5. The molecule has 0 aliphatic carbocycles. The van der Waals surface area contributed by atoms with Gasteiger partial charge in [0.1, 0.15) is 4.90 Å². The number of benzene rings is 2. The first kappa shape index (κ1) is 24.2. The van der Waals surface area contributed by atoms with Crippen LogP contribution in [0.1, 0.15) is 60.0 Å². The molecule has 0 saturated carbocycles. The Morgan fingerprint density at radius 2 is 1.45 bits per heavy atom. The fourth-order valence-corrected chi connectivity index (χ4v) is 6.53. The Balaban J connectivity index is 1.40. The summed E-state index contributed by atoms with van der Waals surface area (Å²) in [5, 5.41) is 3.04. The number of sulfonamides is 1. The van der Waals surface area contributed by atoms with Crippen LogP contribution in [0.25, 0.3) is 0 Å². The predicted octanol–water partition coefficient (Wildman–Crippen LogP) is 4.43. The van der Waals surface area contributed by atoms with E-state index in [0.717, 1.165) is 50.9 Å². The number of nitrogens with zero attached hydrogens (tertiary/aromatic N) is 2. The Bertz CT molecular complexity index is 1060. The van der Waals surface area contributed by atoms with Crippen molar-refractivity contribution in [1.29, 1.82) is 0 Å². The van der Waals surface area contributed by atoms with Crippen LogP contribution in [0, 0.1) is 0 Å². The maximum absolute atomic E-state index is 13.2. The zero-order valence-electron chi connectivity index (χ0n) is 18.9. The standard InChI is InChI=1S/C25H32ClN3O3S/c26-23-12-11-22(17-24(23)33(31,32)29-15-3-1-2-4-16-29)25(30)27-18-20-7-9-21(10-8-20)19-28-13-5-6-14-28/h7-12,17H,1-6,13-16,18-19H2,(H,27,30). The molecule has 1 N–H and O–H groups in total. The molecule has 2 fully saturated rings. The van der Waals surface area contributed by atoms with Crippen LogP contribution in [0.4, 0.5) is 0 Å². The van der Waals surface area contributed by atoms with Crippen LogP contribution >= 0.6 is 11.6 Å². The summed E-state index contributed by atoms with van der Waals surface area (Å²) in [5.41, 5.74) is 2.56. The molecule has 1 amide bonds. The predicted molar refractivity (Wildman–Crippen MR) is 131 cm³/mol. The molecule has 2 aliphatic heterocycles. The Hall–Kier alpha value is -1.93. The van der Waals surface area contributed by atoms with Gasteiger partial charge >= 0.3 is 0 Å². The minimum absolute atomic E-state index is 0.00461. The highest BCUT2D eigenvalue weighted by molar-refractivity contribution is 7.89. The van der Waals surface area contributed by atoms with Gasteiger partial charge in [-0.05, 0) is 68.1 Å². The first-order valence-corrected chi connectivity index (χ1v) is 13.6. The molecule has 2 aromatic carbocycles. The second-order valence-corrected chi connectivity index (χ2v) is 11.3. The van der Waals surface area contributed by atoms with Crippen LogP contribution in [0.15, 0.2) is 47.4 Å². The lowest BCUT2D eigenvalue weighted by molar-refractivity contribution is 0.0950. The van der Waals surface area contributed by atoms with Crippen LogP contribution < -0.4 is 5.32 Å². The summed E-state index contributed by atoms with van der Waals surface area (Å²) in [6, 6.07) is 12.7. The van der Waals surface area contributed by atoms with Gasteiger partial charge in [0.15, 0.2) is 0 Å². The average molecular weight is 490 g/mol. The molecule has 2 saturated heterocycles. The third kappa shape index (κ3) is 6.15. The van der Waals surface area contributed by atoms with Crippen molar-refractivity contribution in [3.05, 3.63) is 64.2 Å². The first-order chi connectivity index (χ1) is 15.9. The number of hydrogen-bond acceptors (Lipinski definition) is 4. The van der Waals surface area contributed by atoms with Gasteiger partial charge in [-0.3, -0.25) is 9.69 Å². The van der Waals surface area contributed by atoms with Crippen molar-refractivity contribution in [3.8, 4) is 0 Å². The fourth-order valence-electron chi connectivity index (χ4n) is 4.51. The quantitative estimate of drug-likeness (QED) is 0.624. The van der Waals surface area contributed by atoms with Gasteiger partial charge in [0.05, 0.1) is 5.02 Å². The van der Waals surface area contributed by atoms with E-state index in [1.54, 1.807) is 6.07 Å². The maximum Gasteiger partial charge on any atom is 0.251 e. The third-order valence-corrected chi connectivity index (χ3v) is 8.84. The molecule has 0 unspecified atom stereocenters. The van der Waals surface area contributed by atoms with Crippen LogP contribution in [0.5, 0.6) is 0 Å². The van der Waals surface area contributed by atoms with E-state index in [-0.39, 0.29) is 15.8 Å². The van der Waals surface area contributed by atoms with E-state index >= 15 is 0 Å². The summed E-state index contributed by atoms with van der Waals surface area (Å²) >= 11 is 6.25. The summed E-state index contributed by atoms with van der Waals surface area (Å²) in [5.74, 6) is -0.319. The van der Waals surface area contributed by atoms with Gasteiger partial charge in [-0.1, -0.05) is 48.7 Å². The Morgan fingerprint density at radius 3 is 2.12 bits per heavy atom. The molecular formula is C25H32ClN3O3S. The first-order valence-electron chi connectivity index (χ1n) is 11.8. The molecule has 2 aromatic rings. The van der Waals surface area contributed by atoms with Crippen molar-refractivity contribution >= 4 is 27.5 Å². The summed E-state index contributed by atoms with van der Waals surface area (Å²) in [6.07, 6.45) is 6.29. The summed E-state index contributed by atoms with van der Waals surface area (Å²) in [7, 11) is -3.74. The van der Waals surface area contributed by atoms with Crippen LogP contribution in [-0.4, -0.2) is 49.7 Å². The number of rotatable bonds is 7. The summed E-state index contributed by atoms with van der Waals surface area (Å²) < 4.78 is 27.8. The molecule has 178 valence electrons. The Kier molecular flexibility index (Phi) is 8.07. The molecule has 4 rings (SSSR count). The smallest absolute Gasteiger partial charge is 0.251 e. The van der Waals surface area contributed by atoms with E-state index in [2.05, 4.69) is 22.3 Å². The number of hydrogen-bond donors (Lipinski definition) is 1. The van der Waals surface area contributed by atoms with E-state index in [1.807, 2.05) is 12.1 Å². The monoisotopic (exact) mass is 489 g/mol. The lowest BCUT2D eigenvalue weighted by Gasteiger charge is -2.21. The number of carbonyl (C=O) groups is 1. The van der Waals surface area contributed by atoms with E-state index < -0.39 is 10.0 Å². The molecule has 2 aliphatic rings. The lowest BCUT2D eigenvalue weighted by atomic mass is 10.1. The molecule has 2 heterocycles. The van der Waals surface area contributed by atoms with Gasteiger partial charge in [0, 0.05) is 31.7 Å². The van der Waals surface area contributed by atoms with Gasteiger partial charge in [0.25, 0.3) is 5.91 Å².